The second-order valence-corrected chi connectivity index (χ2v) is 4.35. The first-order valence-corrected chi connectivity index (χ1v) is 5.59. The van der Waals surface area contributed by atoms with Crippen LogP contribution >= 0.6 is 0 Å². The molecule has 3 radical (unpaired) electrons. The molecule has 0 saturated carbocycles. The molecule has 0 aliphatic carbocycles. The Morgan fingerprint density at radius 2 is 1.05 bits per heavy atom. The summed E-state index contributed by atoms with van der Waals surface area (Å²) >= 11 is 0. The van der Waals surface area contributed by atoms with E-state index in [1.54, 1.807) is 0 Å². The van der Waals surface area contributed by atoms with Gasteiger partial charge in [0.25, 0.3) is 0 Å². The third kappa shape index (κ3) is 2.21. The molecule has 0 fully saturated rings. The number of rotatable bonds is 1. The molecule has 0 heterocycles. The summed E-state index contributed by atoms with van der Waals surface area (Å²) in [5.41, 5.74) is -3.19. The number of halogens is 8. The highest BCUT2D eigenvalue weighted by Gasteiger charge is 2.29. The van der Waals surface area contributed by atoms with Crippen LogP contribution in [-0.4, -0.2) is 10.2 Å². The lowest BCUT2D eigenvalue weighted by atomic mass is 10.0. The molecule has 109 valence electrons. The largest absolute Gasteiger partial charge is 0.204 e. The van der Waals surface area contributed by atoms with Gasteiger partial charge in [-0.15, -0.1) is 0 Å². The van der Waals surface area contributed by atoms with Gasteiger partial charge in [-0.3, -0.25) is 0 Å². The summed E-state index contributed by atoms with van der Waals surface area (Å²) in [5, 5.41) is -1.22. The van der Waals surface area contributed by atoms with Crippen LogP contribution in [0.25, 0.3) is 11.1 Å². The molecule has 2 aromatic rings. The van der Waals surface area contributed by atoms with Gasteiger partial charge in [-0.2, -0.15) is 0 Å². The Balaban J connectivity index is 2.93. The van der Waals surface area contributed by atoms with E-state index in [0.717, 1.165) is 0 Å². The zero-order chi connectivity index (χ0) is 16.1. The molecule has 0 aliphatic rings. The third-order valence-electron chi connectivity index (χ3n) is 2.64. The molecule has 0 atom stereocenters. The number of hydrogen-bond donors (Lipinski definition) is 0. The average molecular weight is 325 g/mol. The number of benzene rings is 2. The quantitative estimate of drug-likeness (QED) is 0.327. The van der Waals surface area contributed by atoms with Crippen molar-refractivity contribution in [3.63, 3.8) is 0 Å². The smallest absolute Gasteiger partial charge is 0.198 e. The van der Waals surface area contributed by atoms with E-state index < -0.39 is 62.9 Å². The second-order valence-electron chi connectivity index (χ2n) is 3.85. The highest BCUT2D eigenvalue weighted by molar-refractivity contribution is 6.32. The van der Waals surface area contributed by atoms with Gasteiger partial charge in [0, 0.05) is 10.8 Å². The SMILES string of the molecule is Fc1cc(-c2c(F)c(F)c([Si])c(F)c2F)c(F)c(F)c1F. The topological polar surface area (TPSA) is 0 Å². The molecule has 2 rings (SSSR count). The van der Waals surface area contributed by atoms with Crippen LogP contribution in [-0.2, 0) is 0 Å². The molecule has 2 aromatic carbocycles. The molecule has 0 N–H and O–H groups in total. The van der Waals surface area contributed by atoms with Crippen molar-refractivity contribution in [1.29, 1.82) is 0 Å². The minimum absolute atomic E-state index is 0.110. The predicted octanol–water partition coefficient (Wildman–Crippen LogP) is 3.26. The van der Waals surface area contributed by atoms with Gasteiger partial charge >= 0.3 is 0 Å². The van der Waals surface area contributed by atoms with Crippen molar-refractivity contribution < 1.29 is 35.1 Å². The van der Waals surface area contributed by atoms with E-state index in [-0.39, 0.29) is 6.07 Å². The highest BCUT2D eigenvalue weighted by Crippen LogP contribution is 2.33. The lowest BCUT2D eigenvalue weighted by Crippen LogP contribution is -2.20. The molecule has 0 spiro atoms. The van der Waals surface area contributed by atoms with Crippen molar-refractivity contribution in [2.24, 2.45) is 0 Å². The van der Waals surface area contributed by atoms with Gasteiger partial charge < -0.3 is 0 Å². The van der Waals surface area contributed by atoms with E-state index in [1.165, 1.54) is 0 Å². The minimum atomic E-state index is -2.37. The summed E-state index contributed by atoms with van der Waals surface area (Å²) in [5.74, 6) is -16.8. The van der Waals surface area contributed by atoms with E-state index in [0.29, 0.717) is 0 Å². The normalized spacial score (nSPS) is 11.1. The van der Waals surface area contributed by atoms with Crippen LogP contribution in [0.1, 0.15) is 0 Å². The molecule has 9 heteroatoms. The summed E-state index contributed by atoms with van der Waals surface area (Å²) in [6.07, 6.45) is 0. The van der Waals surface area contributed by atoms with E-state index >= 15 is 0 Å². The summed E-state index contributed by atoms with van der Waals surface area (Å²) in [7, 11) is 2.27. The van der Waals surface area contributed by atoms with Crippen molar-refractivity contribution in [1.82, 2.24) is 0 Å². The first-order chi connectivity index (χ1) is 9.68. The van der Waals surface area contributed by atoms with E-state index in [9.17, 15) is 35.1 Å². The molecular weight excluding hydrogens is 324 g/mol. The second kappa shape index (κ2) is 5.13. The predicted molar refractivity (Wildman–Crippen MR) is 56.9 cm³/mol. The summed E-state index contributed by atoms with van der Waals surface area (Å²) < 4.78 is 106. The Hall–Kier alpha value is -1.90. The van der Waals surface area contributed by atoms with Gasteiger partial charge in [-0.05, 0) is 6.07 Å². The third-order valence-corrected chi connectivity index (χ3v) is 3.07. The van der Waals surface area contributed by atoms with Crippen molar-refractivity contribution in [2.45, 2.75) is 0 Å². The highest BCUT2D eigenvalue weighted by atomic mass is 28.1. The maximum absolute atomic E-state index is 13.6. The van der Waals surface area contributed by atoms with Crippen LogP contribution in [0.2, 0.25) is 0 Å². The van der Waals surface area contributed by atoms with Crippen LogP contribution in [0.5, 0.6) is 0 Å². The Kier molecular flexibility index (Phi) is 3.79. The van der Waals surface area contributed by atoms with Gasteiger partial charge in [0.2, 0.25) is 0 Å². The van der Waals surface area contributed by atoms with Crippen molar-refractivity contribution in [3.8, 4) is 11.1 Å². The van der Waals surface area contributed by atoms with Gasteiger partial charge in [0.15, 0.2) is 46.5 Å². The fourth-order valence-corrected chi connectivity index (χ4v) is 1.84. The fourth-order valence-electron chi connectivity index (χ4n) is 1.62. The summed E-state index contributed by atoms with van der Waals surface area (Å²) in [4.78, 5) is 0. The maximum atomic E-state index is 13.6. The first kappa shape index (κ1) is 15.5. The van der Waals surface area contributed by atoms with Crippen LogP contribution < -0.4 is 5.19 Å². The maximum Gasteiger partial charge on any atom is 0.198 e. The van der Waals surface area contributed by atoms with E-state index in [4.69, 9.17) is 0 Å². The molecule has 0 saturated heterocycles. The van der Waals surface area contributed by atoms with Crippen LogP contribution in [0.15, 0.2) is 6.07 Å². The van der Waals surface area contributed by atoms with Crippen LogP contribution in [0.4, 0.5) is 35.1 Å². The van der Waals surface area contributed by atoms with Gasteiger partial charge in [0.05, 0.1) is 15.8 Å². The van der Waals surface area contributed by atoms with Crippen LogP contribution in [0.3, 0.4) is 0 Å². The van der Waals surface area contributed by atoms with Gasteiger partial charge in [0.1, 0.15) is 0 Å². The van der Waals surface area contributed by atoms with Gasteiger partial charge in [-0.25, -0.2) is 35.1 Å². The van der Waals surface area contributed by atoms with Crippen molar-refractivity contribution in [2.75, 3.05) is 0 Å². The molecule has 0 amide bonds. The molecule has 0 unspecified atom stereocenters. The summed E-state index contributed by atoms with van der Waals surface area (Å²) in [6, 6.07) is -0.110. The van der Waals surface area contributed by atoms with E-state index in [2.05, 4.69) is 10.2 Å². The molecule has 21 heavy (non-hydrogen) atoms. The van der Waals surface area contributed by atoms with Gasteiger partial charge in [-0.1, -0.05) is 0 Å². The Labute approximate surface area is 115 Å². The Bertz CT molecular complexity index is 727. The molecular formula is C12HF8Si. The average Bonchev–Trinajstić information content (AvgIpc) is 2.46. The fraction of sp³-hybridized carbons (Fsp3) is 0. The molecule has 0 bridgehead atoms. The van der Waals surface area contributed by atoms with Crippen molar-refractivity contribution in [3.05, 3.63) is 52.6 Å². The van der Waals surface area contributed by atoms with Crippen molar-refractivity contribution >= 4 is 15.4 Å². The lowest BCUT2D eigenvalue weighted by Gasteiger charge is -2.11. The first-order valence-electron chi connectivity index (χ1n) is 5.09. The molecule has 0 aliphatic heterocycles. The van der Waals surface area contributed by atoms with E-state index in [1.807, 2.05) is 0 Å². The van der Waals surface area contributed by atoms with Crippen LogP contribution in [0, 0.1) is 46.5 Å². The lowest BCUT2D eigenvalue weighted by molar-refractivity contribution is 0.409. The number of hydrogen-bond acceptors (Lipinski definition) is 0. The summed E-state index contributed by atoms with van der Waals surface area (Å²) in [6.45, 7) is 0. The standard InChI is InChI=1S/C12HF8Si/c13-3-1-2(5(14)9(18)6(3)15)4-7(16)10(19)12(21)11(20)8(4)17/h1H. The minimum Gasteiger partial charge on any atom is -0.204 e. The monoisotopic (exact) mass is 325 g/mol. The zero-order valence-corrected chi connectivity index (χ0v) is 10.6. The Morgan fingerprint density at radius 3 is 1.52 bits per heavy atom. The zero-order valence-electron chi connectivity index (χ0n) is 9.60. The molecule has 0 nitrogen and oxygen atoms in total. The Morgan fingerprint density at radius 1 is 0.571 bits per heavy atom. The molecule has 0 aromatic heterocycles.